The van der Waals surface area contributed by atoms with Crippen molar-refractivity contribution in [2.24, 2.45) is 5.92 Å². The molecule has 1 aliphatic rings. The maximum Gasteiger partial charge on any atom is 0.162 e. The van der Waals surface area contributed by atoms with Gasteiger partial charge in [-0.2, -0.15) is 0 Å². The van der Waals surface area contributed by atoms with Crippen LogP contribution in [0.2, 0.25) is 0 Å². The fraction of sp³-hybridized carbons (Fsp3) is 0.583. The number of ketones is 1. The zero-order chi connectivity index (χ0) is 10.7. The highest BCUT2D eigenvalue weighted by Gasteiger charge is 2.21. The van der Waals surface area contributed by atoms with E-state index in [0.717, 1.165) is 24.8 Å². The molecule has 78 valence electrons. The molecule has 0 radical (unpaired) electrons. The first kappa shape index (κ1) is 11.2. The van der Waals surface area contributed by atoms with Gasteiger partial charge in [-0.3, -0.25) is 4.79 Å². The Morgan fingerprint density at radius 1 is 1.64 bits per heavy atom. The minimum absolute atomic E-state index is 0.162. The van der Waals surface area contributed by atoms with E-state index in [0.29, 0.717) is 5.92 Å². The minimum Gasteiger partial charge on any atom is -0.381 e. The Morgan fingerprint density at radius 3 is 2.64 bits per heavy atom. The first-order chi connectivity index (χ1) is 6.52. The molecule has 0 aliphatic heterocycles. The van der Waals surface area contributed by atoms with Gasteiger partial charge in [0.25, 0.3) is 0 Å². The number of aliphatic hydroxyl groups excluding tert-OH is 1. The molecule has 0 saturated heterocycles. The van der Waals surface area contributed by atoms with Crippen LogP contribution in [0.15, 0.2) is 23.8 Å². The highest BCUT2D eigenvalue weighted by molar-refractivity contribution is 5.83. The summed E-state index contributed by atoms with van der Waals surface area (Å²) in [5.74, 6) is 0.364. The van der Waals surface area contributed by atoms with Crippen LogP contribution < -0.4 is 0 Å². The van der Waals surface area contributed by atoms with E-state index in [1.807, 2.05) is 13.0 Å². The lowest BCUT2D eigenvalue weighted by Gasteiger charge is -2.23. The van der Waals surface area contributed by atoms with Crippen LogP contribution in [-0.2, 0) is 4.79 Å². The number of hydrogen-bond donors (Lipinski definition) is 1. The summed E-state index contributed by atoms with van der Waals surface area (Å²) in [6.45, 7) is 7.38. The van der Waals surface area contributed by atoms with E-state index in [4.69, 9.17) is 0 Å². The standard InChI is InChI=1S/C12H18O2/c1-8(2)10-4-6-11(7-5-10)12(14)9(3)13/h6,10,12,14H,1,4-5,7H2,2-3H3/t10-,12?/m1/s1. The van der Waals surface area contributed by atoms with E-state index in [1.165, 1.54) is 12.5 Å². The third-order valence-electron chi connectivity index (χ3n) is 2.88. The van der Waals surface area contributed by atoms with Gasteiger partial charge in [0.15, 0.2) is 5.78 Å². The van der Waals surface area contributed by atoms with Crippen LogP contribution in [0.4, 0.5) is 0 Å². The van der Waals surface area contributed by atoms with Crippen molar-refractivity contribution in [3.63, 3.8) is 0 Å². The Morgan fingerprint density at radius 2 is 2.29 bits per heavy atom. The fourth-order valence-corrected chi connectivity index (χ4v) is 1.81. The molecule has 0 aromatic heterocycles. The fourth-order valence-electron chi connectivity index (χ4n) is 1.81. The lowest BCUT2D eigenvalue weighted by molar-refractivity contribution is -0.123. The highest BCUT2D eigenvalue weighted by atomic mass is 16.3. The number of rotatable bonds is 3. The number of Topliss-reactive ketones (excluding diaryl/α,β-unsaturated/α-hetero) is 1. The SMILES string of the molecule is C=C(C)[C@@H]1CC=C(C(O)C(C)=O)CC1. The van der Waals surface area contributed by atoms with Crippen LogP contribution in [0.5, 0.6) is 0 Å². The van der Waals surface area contributed by atoms with Crippen molar-refractivity contribution in [1.29, 1.82) is 0 Å². The molecule has 0 amide bonds. The van der Waals surface area contributed by atoms with E-state index in [2.05, 4.69) is 6.58 Å². The van der Waals surface area contributed by atoms with Crippen molar-refractivity contribution in [3.05, 3.63) is 23.8 Å². The summed E-state index contributed by atoms with van der Waals surface area (Å²) in [5.41, 5.74) is 2.08. The monoisotopic (exact) mass is 194 g/mol. The van der Waals surface area contributed by atoms with E-state index < -0.39 is 6.10 Å². The average molecular weight is 194 g/mol. The highest BCUT2D eigenvalue weighted by Crippen LogP contribution is 2.29. The third kappa shape index (κ3) is 2.55. The van der Waals surface area contributed by atoms with Crippen LogP contribution in [0, 0.1) is 5.92 Å². The smallest absolute Gasteiger partial charge is 0.162 e. The van der Waals surface area contributed by atoms with Gasteiger partial charge in [0.2, 0.25) is 0 Å². The van der Waals surface area contributed by atoms with Gasteiger partial charge in [-0.25, -0.2) is 0 Å². The molecular formula is C12H18O2. The van der Waals surface area contributed by atoms with Crippen LogP contribution in [0.25, 0.3) is 0 Å². The Kier molecular flexibility index (Phi) is 3.64. The Labute approximate surface area is 85.3 Å². The summed E-state index contributed by atoms with van der Waals surface area (Å²) >= 11 is 0. The summed E-state index contributed by atoms with van der Waals surface area (Å²) in [6.07, 6.45) is 3.86. The van der Waals surface area contributed by atoms with E-state index in [1.54, 1.807) is 0 Å². The topological polar surface area (TPSA) is 37.3 Å². The molecule has 0 aromatic carbocycles. The van der Waals surface area contributed by atoms with Crippen molar-refractivity contribution >= 4 is 5.78 Å². The van der Waals surface area contributed by atoms with Crippen LogP contribution in [0.3, 0.4) is 0 Å². The number of allylic oxidation sites excluding steroid dienone is 2. The predicted octanol–water partition coefficient (Wildman–Crippen LogP) is 2.24. The molecule has 1 N–H and O–H groups in total. The maximum atomic E-state index is 10.9. The molecule has 1 unspecified atom stereocenters. The minimum atomic E-state index is -0.874. The van der Waals surface area contributed by atoms with Crippen LogP contribution in [-0.4, -0.2) is 17.0 Å². The lowest BCUT2D eigenvalue weighted by atomic mass is 9.83. The van der Waals surface area contributed by atoms with Gasteiger partial charge in [-0.05, 0) is 44.6 Å². The molecule has 2 nitrogen and oxygen atoms in total. The quantitative estimate of drug-likeness (QED) is 0.699. The number of hydrogen-bond acceptors (Lipinski definition) is 2. The first-order valence-electron chi connectivity index (χ1n) is 5.05. The van der Waals surface area contributed by atoms with Gasteiger partial charge in [-0.1, -0.05) is 18.2 Å². The average Bonchev–Trinajstić information content (AvgIpc) is 2.16. The summed E-state index contributed by atoms with van der Waals surface area (Å²) in [6, 6.07) is 0. The van der Waals surface area contributed by atoms with Crippen LogP contribution >= 0.6 is 0 Å². The molecule has 0 heterocycles. The molecule has 2 heteroatoms. The second kappa shape index (κ2) is 4.56. The van der Waals surface area contributed by atoms with Gasteiger partial charge in [0, 0.05) is 0 Å². The van der Waals surface area contributed by atoms with E-state index in [-0.39, 0.29) is 5.78 Å². The van der Waals surface area contributed by atoms with Crippen molar-refractivity contribution in [2.45, 2.75) is 39.2 Å². The summed E-state index contributed by atoms with van der Waals surface area (Å²) in [4.78, 5) is 10.9. The second-order valence-electron chi connectivity index (χ2n) is 4.11. The molecule has 0 saturated carbocycles. The largest absolute Gasteiger partial charge is 0.381 e. The number of carbonyl (C=O) groups excluding carboxylic acids is 1. The summed E-state index contributed by atoms with van der Waals surface area (Å²) in [5, 5.41) is 9.54. The van der Waals surface area contributed by atoms with Gasteiger partial charge in [-0.15, -0.1) is 0 Å². The molecule has 1 aliphatic carbocycles. The van der Waals surface area contributed by atoms with E-state index in [9.17, 15) is 9.90 Å². The first-order valence-corrected chi connectivity index (χ1v) is 5.05. The van der Waals surface area contributed by atoms with Crippen LogP contribution in [0.1, 0.15) is 33.1 Å². The Bertz CT molecular complexity index is 276. The molecular weight excluding hydrogens is 176 g/mol. The molecule has 14 heavy (non-hydrogen) atoms. The molecule has 0 bridgehead atoms. The number of carbonyl (C=O) groups is 1. The van der Waals surface area contributed by atoms with Crippen molar-refractivity contribution in [2.75, 3.05) is 0 Å². The van der Waals surface area contributed by atoms with Crippen molar-refractivity contribution in [3.8, 4) is 0 Å². The number of aliphatic hydroxyl groups is 1. The Hall–Kier alpha value is -0.890. The van der Waals surface area contributed by atoms with Gasteiger partial charge >= 0.3 is 0 Å². The lowest BCUT2D eigenvalue weighted by Crippen LogP contribution is -2.22. The van der Waals surface area contributed by atoms with Crippen molar-refractivity contribution in [1.82, 2.24) is 0 Å². The van der Waals surface area contributed by atoms with Gasteiger partial charge < -0.3 is 5.11 Å². The second-order valence-corrected chi connectivity index (χ2v) is 4.11. The third-order valence-corrected chi connectivity index (χ3v) is 2.88. The maximum absolute atomic E-state index is 10.9. The summed E-state index contributed by atoms with van der Waals surface area (Å²) < 4.78 is 0. The normalized spacial score (nSPS) is 23.9. The molecule has 2 atom stereocenters. The summed E-state index contributed by atoms with van der Waals surface area (Å²) in [7, 11) is 0. The molecule has 0 fully saturated rings. The molecule has 0 aromatic rings. The van der Waals surface area contributed by atoms with Crippen molar-refractivity contribution < 1.29 is 9.90 Å². The molecule has 0 spiro atoms. The predicted molar refractivity (Wildman–Crippen MR) is 56.9 cm³/mol. The van der Waals surface area contributed by atoms with Gasteiger partial charge in [0.1, 0.15) is 6.10 Å². The van der Waals surface area contributed by atoms with Gasteiger partial charge in [0.05, 0.1) is 0 Å². The Balaban J connectivity index is 2.61. The van der Waals surface area contributed by atoms with E-state index >= 15 is 0 Å². The molecule has 1 rings (SSSR count). The zero-order valence-corrected chi connectivity index (χ0v) is 8.92. The zero-order valence-electron chi connectivity index (χ0n) is 8.92.